The van der Waals surface area contributed by atoms with Crippen molar-refractivity contribution in [3.8, 4) is 51.1 Å². The molecule has 1 aliphatic heterocycles. The maximum atomic E-state index is 12.8. The lowest BCUT2D eigenvalue weighted by molar-refractivity contribution is -0.141. The fourth-order valence-electron chi connectivity index (χ4n) is 16.6. The van der Waals surface area contributed by atoms with E-state index in [1.54, 1.807) is 56.8 Å². The van der Waals surface area contributed by atoms with Gasteiger partial charge in [0.1, 0.15) is 88.1 Å². The van der Waals surface area contributed by atoms with Crippen molar-refractivity contribution in [1.82, 2.24) is 38.1 Å². The van der Waals surface area contributed by atoms with Crippen LogP contribution in [0.4, 0.5) is 13.2 Å². The van der Waals surface area contributed by atoms with Gasteiger partial charge in [0.15, 0.2) is 0 Å². The van der Waals surface area contributed by atoms with Crippen LogP contribution in [0, 0.1) is 20.8 Å². The maximum Gasteiger partial charge on any atom is 0.433 e. The molecule has 0 unspecified atom stereocenters. The minimum absolute atomic E-state index is 0.0365. The molecular weight excluding hydrogens is 1550 g/mol. The van der Waals surface area contributed by atoms with E-state index in [0.29, 0.717) is 30.4 Å². The van der Waals surface area contributed by atoms with Crippen molar-refractivity contribution >= 4 is 43.9 Å². The second kappa shape index (κ2) is 35.9. The molecule has 22 heteroatoms. The number of aryl methyl sites for hydroxylation is 10. The standard InChI is InChI=1S/C25H22F3N3O3.2C25H24N2O3.C25H23NO2/c1-30-10-3-5-21-20(14-30)19-8-7-17(12-22(19)34-21)31-11-9-18(13-24(31)32)33-15-16-4-2-6-23(29-16)25(26,27)28;2*1-17-7-8-18(15-26-17)16-29-20-11-12-27(25(28)14-20)19-9-10-22-21-5-3-2-4-6-23(21)30-24(22)13-19;1-17-7-9-18(10-8-17)19-13-14-26(25(27)15-19)20-11-12-22-21-5-3-2-4-6-23(21)28-24(22)16-20/h2,4,6-9,11-13H,3,5,10,14-15H2,1H3;2*7-15H,2-6,16H2,1H3;7-16H,2-6H2,1H3. The van der Waals surface area contributed by atoms with Crippen molar-refractivity contribution in [2.75, 3.05) is 13.6 Å². The van der Waals surface area contributed by atoms with Gasteiger partial charge >= 0.3 is 6.18 Å². The zero-order valence-electron chi connectivity index (χ0n) is 68.6. The van der Waals surface area contributed by atoms with Crippen LogP contribution in [0.15, 0.2) is 262 Å². The molecule has 12 heterocycles. The molecule has 16 aromatic rings. The molecule has 122 heavy (non-hydrogen) atoms. The Labute approximate surface area is 701 Å². The third kappa shape index (κ3) is 18.5. The van der Waals surface area contributed by atoms with Gasteiger partial charge in [-0.1, -0.05) is 67.3 Å². The average molecular weight is 1640 g/mol. The average Bonchev–Trinajstić information content (AvgIpc) is 1.64. The summed E-state index contributed by atoms with van der Waals surface area (Å²) < 4.78 is 86.5. The third-order valence-electron chi connectivity index (χ3n) is 23.1. The summed E-state index contributed by atoms with van der Waals surface area (Å²) in [6.07, 6.45) is 25.1. The monoisotopic (exact) mass is 1640 g/mol. The minimum atomic E-state index is -4.53. The smallest absolute Gasteiger partial charge is 0.433 e. The van der Waals surface area contributed by atoms with Crippen LogP contribution in [0.1, 0.15) is 149 Å². The van der Waals surface area contributed by atoms with Crippen LogP contribution < -0.4 is 36.4 Å². The summed E-state index contributed by atoms with van der Waals surface area (Å²) in [5.74, 6) is 5.68. The summed E-state index contributed by atoms with van der Waals surface area (Å²) in [6, 6.07) is 56.8. The van der Waals surface area contributed by atoms with Crippen LogP contribution in [0.2, 0.25) is 0 Å². The second-order valence-electron chi connectivity index (χ2n) is 32.0. The maximum absolute atomic E-state index is 12.8. The van der Waals surface area contributed by atoms with E-state index in [2.05, 4.69) is 76.3 Å². The Morgan fingerprint density at radius 1 is 0.377 bits per heavy atom. The van der Waals surface area contributed by atoms with Gasteiger partial charge in [0.05, 0.1) is 28.4 Å². The summed E-state index contributed by atoms with van der Waals surface area (Å²) >= 11 is 0. The van der Waals surface area contributed by atoms with Gasteiger partial charge in [-0.2, -0.15) is 13.2 Å². The summed E-state index contributed by atoms with van der Waals surface area (Å²) in [6.45, 7) is 8.37. The van der Waals surface area contributed by atoms with Crippen molar-refractivity contribution < 1.29 is 45.1 Å². The van der Waals surface area contributed by atoms with Gasteiger partial charge in [-0.25, -0.2) is 4.98 Å². The Balaban J connectivity index is 0.000000116. The number of hydrogen-bond acceptors (Lipinski definition) is 15. The SMILES string of the molecule is CN1CCCc2oc3cc(-n4ccc(OCc5cccc(C(F)(F)F)n5)cc4=O)ccc3c2C1.Cc1ccc(-c2ccn(-c3ccc4c5c(oc4c3)CCCCC5)c(=O)c2)cc1.Cc1ccc(COc2ccn(-c3ccc4c5c(oc4c3)CCCCC5)c(=O)c2)cn1.Cc1ccc(COc2ccn(-c3ccc4c5c(oc4c3)CCCCC5)c(=O)c2)cn1. The molecule has 0 spiro atoms. The molecule has 0 bridgehead atoms. The molecule has 0 amide bonds. The lowest BCUT2D eigenvalue weighted by Gasteiger charge is -2.12. The zero-order chi connectivity index (χ0) is 84.0. The highest BCUT2D eigenvalue weighted by molar-refractivity contribution is 5.87. The van der Waals surface area contributed by atoms with Crippen molar-refractivity contribution in [1.29, 1.82) is 0 Å². The number of ether oxygens (including phenoxy) is 3. The van der Waals surface area contributed by atoms with Gasteiger partial charge in [0.2, 0.25) is 0 Å². The van der Waals surface area contributed by atoms with E-state index in [4.69, 9.17) is 31.9 Å². The number of rotatable bonds is 14. The van der Waals surface area contributed by atoms with Crippen molar-refractivity contribution in [2.24, 2.45) is 0 Å². The van der Waals surface area contributed by atoms with Crippen molar-refractivity contribution in [3.63, 3.8) is 0 Å². The molecule has 3 aliphatic carbocycles. The molecule has 0 saturated carbocycles. The summed E-state index contributed by atoms with van der Waals surface area (Å²) in [4.78, 5) is 65.3. The van der Waals surface area contributed by atoms with Gasteiger partial charge in [0, 0.05) is 184 Å². The van der Waals surface area contributed by atoms with Gasteiger partial charge < -0.3 is 36.8 Å². The molecule has 0 saturated heterocycles. The number of halogens is 3. The van der Waals surface area contributed by atoms with Gasteiger partial charge in [0.25, 0.3) is 22.2 Å². The first-order valence-electron chi connectivity index (χ1n) is 41.9. The van der Waals surface area contributed by atoms with Gasteiger partial charge in [-0.3, -0.25) is 47.4 Å². The first-order valence-corrected chi connectivity index (χ1v) is 41.9. The van der Waals surface area contributed by atoms with Crippen molar-refractivity contribution in [2.45, 2.75) is 162 Å². The molecule has 11 aromatic heterocycles. The first-order chi connectivity index (χ1) is 59.3. The Kier molecular flexibility index (Phi) is 23.9. The Morgan fingerprint density at radius 2 is 0.762 bits per heavy atom. The van der Waals surface area contributed by atoms with E-state index in [-0.39, 0.29) is 40.3 Å². The number of fused-ring (bicyclic) bond motifs is 12. The molecule has 0 radical (unpaired) electrons. The quantitative estimate of drug-likeness (QED) is 0.0927. The highest BCUT2D eigenvalue weighted by atomic mass is 19.4. The number of furan rings is 4. The number of nitrogens with zero attached hydrogens (tertiary/aromatic N) is 8. The molecule has 0 N–H and O–H groups in total. The summed E-state index contributed by atoms with van der Waals surface area (Å²) in [5.41, 5.74) is 17.2. The fourth-order valence-corrected chi connectivity index (χ4v) is 16.6. The number of alkyl halides is 3. The minimum Gasteiger partial charge on any atom is -0.489 e. The predicted molar refractivity (Wildman–Crippen MR) is 466 cm³/mol. The largest absolute Gasteiger partial charge is 0.489 e. The molecule has 0 atom stereocenters. The third-order valence-corrected chi connectivity index (χ3v) is 23.1. The number of aromatic nitrogens is 7. The number of benzene rings is 5. The van der Waals surface area contributed by atoms with Crippen LogP contribution >= 0.6 is 0 Å². The van der Waals surface area contributed by atoms with Crippen LogP contribution in [0.5, 0.6) is 17.2 Å². The molecular formula is C100H93F3N8O11. The van der Waals surface area contributed by atoms with Gasteiger partial charge in [-0.05, 0) is 207 Å². The lowest BCUT2D eigenvalue weighted by atomic mass is 10.1. The van der Waals surface area contributed by atoms with Crippen LogP contribution in [0.3, 0.4) is 0 Å². The van der Waals surface area contributed by atoms with Crippen LogP contribution in [0.25, 0.3) is 77.8 Å². The first kappa shape index (κ1) is 81.0. The van der Waals surface area contributed by atoms with Crippen LogP contribution in [-0.2, 0) is 77.5 Å². The molecule has 620 valence electrons. The number of pyridine rings is 7. The van der Waals surface area contributed by atoms with E-state index in [9.17, 15) is 32.3 Å². The second-order valence-corrected chi connectivity index (χ2v) is 32.0. The van der Waals surface area contributed by atoms with E-state index in [1.807, 2.05) is 117 Å². The fraction of sp³-hybridized carbons (Fsp3) is 0.270. The molecule has 4 aliphatic rings. The molecule has 5 aromatic carbocycles. The highest BCUT2D eigenvalue weighted by Gasteiger charge is 2.33. The van der Waals surface area contributed by atoms with Crippen LogP contribution in [-0.4, -0.2) is 51.7 Å². The molecule has 19 nitrogen and oxygen atoms in total. The van der Waals surface area contributed by atoms with Gasteiger partial charge in [-0.15, -0.1) is 0 Å². The molecule has 0 fully saturated rings. The Morgan fingerprint density at radius 3 is 1.16 bits per heavy atom. The number of hydrogen-bond donors (Lipinski definition) is 0. The Bertz CT molecular complexity index is 6550. The normalized spacial score (nSPS) is 14.1. The summed E-state index contributed by atoms with van der Waals surface area (Å²) in [7, 11) is 2.09. The lowest BCUT2D eigenvalue weighted by Crippen LogP contribution is -2.17. The molecule has 20 rings (SSSR count). The van der Waals surface area contributed by atoms with E-state index >= 15 is 0 Å². The van der Waals surface area contributed by atoms with E-state index in [0.717, 1.165) is 172 Å². The topological polar surface area (TPSA) is 210 Å². The van der Waals surface area contributed by atoms with Crippen molar-refractivity contribution in [3.05, 3.63) is 351 Å². The predicted octanol–water partition coefficient (Wildman–Crippen LogP) is 21.1. The zero-order valence-corrected chi connectivity index (χ0v) is 68.6. The Hall–Kier alpha value is -13.3. The summed E-state index contributed by atoms with van der Waals surface area (Å²) in [5, 5.41) is 4.60. The van der Waals surface area contributed by atoms with E-state index in [1.165, 1.54) is 137 Å². The van der Waals surface area contributed by atoms with E-state index < -0.39 is 11.9 Å². The highest BCUT2D eigenvalue weighted by Crippen LogP contribution is 2.38.